The minimum atomic E-state index is 0.116. The van der Waals surface area contributed by atoms with Crippen LogP contribution in [0.2, 0.25) is 0 Å². The van der Waals surface area contributed by atoms with Gasteiger partial charge in [0, 0.05) is 13.3 Å². The summed E-state index contributed by atoms with van der Waals surface area (Å²) in [5.74, 6) is 0.737. The van der Waals surface area contributed by atoms with E-state index in [-0.39, 0.29) is 6.61 Å². The molecule has 1 heterocycles. The summed E-state index contributed by atoms with van der Waals surface area (Å²) in [7, 11) is 1.73. The molecule has 2 rings (SSSR count). The Hall–Kier alpha value is -1.07. The summed E-state index contributed by atoms with van der Waals surface area (Å²) in [6.45, 7) is 1.39. The fourth-order valence-electron chi connectivity index (χ4n) is 1.85. The van der Waals surface area contributed by atoms with Crippen LogP contribution in [0.25, 0.3) is 0 Å². The summed E-state index contributed by atoms with van der Waals surface area (Å²) in [6.07, 6.45) is 6.28. The van der Waals surface area contributed by atoms with Crippen molar-refractivity contribution in [2.75, 3.05) is 25.6 Å². The van der Waals surface area contributed by atoms with Crippen LogP contribution in [-0.2, 0) is 11.3 Å². The molecule has 1 atom stereocenters. The normalized spacial score (nSPS) is 17.4. The minimum absolute atomic E-state index is 0.116. The molecule has 0 spiro atoms. The molecule has 5 heteroatoms. The van der Waals surface area contributed by atoms with Crippen LogP contribution >= 0.6 is 0 Å². The van der Waals surface area contributed by atoms with Gasteiger partial charge < -0.3 is 15.2 Å². The van der Waals surface area contributed by atoms with Gasteiger partial charge in [0.2, 0.25) is 0 Å². The summed E-state index contributed by atoms with van der Waals surface area (Å²) in [5.41, 5.74) is 1.00. The SMILES string of the molecule is COCC(Nc1cnn(CCO)c1)C1CC1. The van der Waals surface area contributed by atoms with E-state index in [4.69, 9.17) is 9.84 Å². The van der Waals surface area contributed by atoms with Crippen molar-refractivity contribution in [3.63, 3.8) is 0 Å². The highest BCUT2D eigenvalue weighted by Gasteiger charge is 2.31. The summed E-state index contributed by atoms with van der Waals surface area (Å²) in [6, 6.07) is 0.386. The van der Waals surface area contributed by atoms with Crippen LogP contribution in [0.5, 0.6) is 0 Å². The first-order valence-corrected chi connectivity index (χ1v) is 5.72. The quantitative estimate of drug-likeness (QED) is 0.717. The Balaban J connectivity index is 1.89. The van der Waals surface area contributed by atoms with Crippen LogP contribution in [-0.4, -0.2) is 41.3 Å². The van der Waals surface area contributed by atoms with Crippen LogP contribution in [0.3, 0.4) is 0 Å². The molecule has 1 fully saturated rings. The largest absolute Gasteiger partial charge is 0.394 e. The van der Waals surface area contributed by atoms with E-state index in [0.29, 0.717) is 12.6 Å². The molecular formula is C11H19N3O2. The summed E-state index contributed by atoms with van der Waals surface area (Å²) < 4.78 is 6.94. The van der Waals surface area contributed by atoms with Crippen molar-refractivity contribution in [2.24, 2.45) is 5.92 Å². The summed E-state index contributed by atoms with van der Waals surface area (Å²) in [4.78, 5) is 0. The van der Waals surface area contributed by atoms with E-state index in [1.165, 1.54) is 12.8 Å². The fourth-order valence-corrected chi connectivity index (χ4v) is 1.85. The van der Waals surface area contributed by atoms with E-state index in [2.05, 4.69) is 10.4 Å². The van der Waals surface area contributed by atoms with Gasteiger partial charge in [0.15, 0.2) is 0 Å². The number of aromatic nitrogens is 2. The third-order valence-corrected chi connectivity index (χ3v) is 2.85. The molecule has 0 aromatic carbocycles. The van der Waals surface area contributed by atoms with Gasteiger partial charge in [-0.25, -0.2) is 0 Å². The van der Waals surface area contributed by atoms with Gasteiger partial charge in [-0.05, 0) is 18.8 Å². The molecule has 1 saturated carbocycles. The molecular weight excluding hydrogens is 206 g/mol. The van der Waals surface area contributed by atoms with E-state index in [1.54, 1.807) is 18.0 Å². The number of nitrogens with one attached hydrogen (secondary N) is 1. The average molecular weight is 225 g/mol. The van der Waals surface area contributed by atoms with E-state index >= 15 is 0 Å². The lowest BCUT2D eigenvalue weighted by Crippen LogP contribution is -2.26. The zero-order valence-electron chi connectivity index (χ0n) is 9.59. The molecule has 0 aliphatic heterocycles. The number of rotatable bonds is 7. The van der Waals surface area contributed by atoms with E-state index in [9.17, 15) is 0 Å². The molecule has 1 aliphatic carbocycles. The molecule has 5 nitrogen and oxygen atoms in total. The highest BCUT2D eigenvalue weighted by Crippen LogP contribution is 2.34. The minimum Gasteiger partial charge on any atom is -0.394 e. The predicted octanol–water partition coefficient (Wildman–Crippen LogP) is 0.712. The molecule has 1 unspecified atom stereocenters. The maximum atomic E-state index is 8.79. The Morgan fingerprint density at radius 1 is 1.69 bits per heavy atom. The van der Waals surface area contributed by atoms with Gasteiger partial charge in [0.25, 0.3) is 0 Å². The maximum Gasteiger partial charge on any atom is 0.0729 e. The molecule has 2 N–H and O–H groups in total. The molecule has 90 valence electrons. The van der Waals surface area contributed by atoms with E-state index in [0.717, 1.165) is 18.2 Å². The van der Waals surface area contributed by atoms with Crippen LogP contribution in [0, 0.1) is 5.92 Å². The zero-order chi connectivity index (χ0) is 11.4. The second-order valence-corrected chi connectivity index (χ2v) is 4.26. The van der Waals surface area contributed by atoms with Crippen molar-refractivity contribution in [2.45, 2.75) is 25.4 Å². The topological polar surface area (TPSA) is 59.3 Å². The van der Waals surface area contributed by atoms with Crippen LogP contribution < -0.4 is 5.32 Å². The van der Waals surface area contributed by atoms with Crippen LogP contribution in [0.15, 0.2) is 12.4 Å². The Labute approximate surface area is 95.4 Å². The third kappa shape index (κ3) is 2.96. The Morgan fingerprint density at radius 3 is 3.12 bits per heavy atom. The molecule has 0 amide bonds. The highest BCUT2D eigenvalue weighted by atomic mass is 16.5. The van der Waals surface area contributed by atoms with E-state index < -0.39 is 0 Å². The fraction of sp³-hybridized carbons (Fsp3) is 0.727. The van der Waals surface area contributed by atoms with Gasteiger partial charge in [0.1, 0.15) is 0 Å². The molecule has 16 heavy (non-hydrogen) atoms. The zero-order valence-corrected chi connectivity index (χ0v) is 9.59. The molecule has 0 radical (unpaired) electrons. The molecule has 1 aliphatic rings. The Bertz CT molecular complexity index is 323. The van der Waals surface area contributed by atoms with Crippen LogP contribution in [0.4, 0.5) is 5.69 Å². The van der Waals surface area contributed by atoms with Crippen molar-refractivity contribution in [3.8, 4) is 0 Å². The Morgan fingerprint density at radius 2 is 2.50 bits per heavy atom. The van der Waals surface area contributed by atoms with Crippen molar-refractivity contribution in [1.29, 1.82) is 0 Å². The Kier molecular flexibility index (Phi) is 3.79. The van der Waals surface area contributed by atoms with Crippen molar-refractivity contribution >= 4 is 5.69 Å². The molecule has 0 saturated heterocycles. The lowest BCUT2D eigenvalue weighted by molar-refractivity contribution is 0.179. The number of ether oxygens (including phenoxy) is 1. The number of aliphatic hydroxyl groups is 1. The highest BCUT2D eigenvalue weighted by molar-refractivity contribution is 5.39. The van der Waals surface area contributed by atoms with Crippen molar-refractivity contribution in [3.05, 3.63) is 12.4 Å². The number of anilines is 1. The standard InChI is InChI=1S/C11H19N3O2/c1-16-8-11(9-2-3-9)13-10-6-12-14(7-10)4-5-15/h6-7,9,11,13,15H,2-5,8H2,1H3. The lowest BCUT2D eigenvalue weighted by Gasteiger charge is -2.16. The number of methoxy groups -OCH3 is 1. The average Bonchev–Trinajstić information content (AvgIpc) is 3.02. The van der Waals surface area contributed by atoms with E-state index in [1.807, 2.05) is 6.20 Å². The maximum absolute atomic E-state index is 8.79. The molecule has 1 aromatic heterocycles. The lowest BCUT2D eigenvalue weighted by atomic mass is 10.2. The monoisotopic (exact) mass is 225 g/mol. The van der Waals surface area contributed by atoms with Gasteiger partial charge in [-0.3, -0.25) is 4.68 Å². The number of hydrogen-bond donors (Lipinski definition) is 2. The predicted molar refractivity (Wildman–Crippen MR) is 61.3 cm³/mol. The molecule has 1 aromatic rings. The first kappa shape index (κ1) is 11.4. The second kappa shape index (κ2) is 5.32. The first-order valence-electron chi connectivity index (χ1n) is 5.72. The van der Waals surface area contributed by atoms with Crippen LogP contribution in [0.1, 0.15) is 12.8 Å². The number of hydrogen-bond acceptors (Lipinski definition) is 4. The third-order valence-electron chi connectivity index (χ3n) is 2.85. The van der Waals surface area contributed by atoms with Gasteiger partial charge in [0.05, 0.1) is 37.7 Å². The molecule has 0 bridgehead atoms. The summed E-state index contributed by atoms with van der Waals surface area (Å²) >= 11 is 0. The van der Waals surface area contributed by atoms with Gasteiger partial charge in [-0.2, -0.15) is 5.10 Å². The second-order valence-electron chi connectivity index (χ2n) is 4.26. The van der Waals surface area contributed by atoms with Crippen molar-refractivity contribution < 1.29 is 9.84 Å². The number of nitrogens with zero attached hydrogens (tertiary/aromatic N) is 2. The van der Waals surface area contributed by atoms with Gasteiger partial charge >= 0.3 is 0 Å². The number of aliphatic hydroxyl groups excluding tert-OH is 1. The smallest absolute Gasteiger partial charge is 0.0729 e. The van der Waals surface area contributed by atoms with Gasteiger partial charge in [-0.15, -0.1) is 0 Å². The summed E-state index contributed by atoms with van der Waals surface area (Å²) in [5, 5.41) is 16.4. The van der Waals surface area contributed by atoms with Crippen molar-refractivity contribution in [1.82, 2.24) is 9.78 Å². The van der Waals surface area contributed by atoms with Gasteiger partial charge in [-0.1, -0.05) is 0 Å². The first-order chi connectivity index (χ1) is 7.83.